The Morgan fingerprint density at radius 3 is 2.50 bits per heavy atom. The summed E-state index contributed by atoms with van der Waals surface area (Å²) in [5.41, 5.74) is 12.0. The third-order valence-electron chi connectivity index (χ3n) is 2.24. The van der Waals surface area contributed by atoms with Crippen LogP contribution in [0.25, 0.3) is 0 Å². The van der Waals surface area contributed by atoms with E-state index in [-0.39, 0.29) is 6.54 Å². The van der Waals surface area contributed by atoms with Gasteiger partial charge in [0.25, 0.3) is 0 Å². The fourth-order valence-corrected chi connectivity index (χ4v) is 1.44. The maximum atomic E-state index is 13.3. The molecule has 0 heterocycles. The summed E-state index contributed by atoms with van der Waals surface area (Å²) in [7, 11) is 0. The van der Waals surface area contributed by atoms with Gasteiger partial charge in [0, 0.05) is 12.6 Å². The summed E-state index contributed by atoms with van der Waals surface area (Å²) in [6, 6.07) is 2.15. The lowest BCUT2D eigenvalue weighted by atomic mass is 9.98. The molecule has 0 aliphatic carbocycles. The van der Waals surface area contributed by atoms with Crippen LogP contribution in [0.1, 0.15) is 24.1 Å². The van der Waals surface area contributed by atoms with E-state index >= 15 is 0 Å². The molecule has 0 fully saturated rings. The first-order valence-electron chi connectivity index (χ1n) is 4.54. The summed E-state index contributed by atoms with van der Waals surface area (Å²) in [6.07, 6.45) is 0.409. The van der Waals surface area contributed by atoms with Gasteiger partial charge in [-0.05, 0) is 23.6 Å². The summed E-state index contributed by atoms with van der Waals surface area (Å²) in [6.45, 7) is 1.97. The molecule has 0 radical (unpaired) electrons. The van der Waals surface area contributed by atoms with Crippen molar-refractivity contribution in [1.82, 2.24) is 0 Å². The Labute approximate surface area is 81.9 Å². The highest BCUT2D eigenvalue weighted by atomic mass is 19.2. The molecule has 4 N–H and O–H groups in total. The Kier molecular flexibility index (Phi) is 3.55. The minimum absolute atomic E-state index is 0.220. The van der Waals surface area contributed by atoms with Crippen LogP contribution in [-0.2, 0) is 6.42 Å². The van der Waals surface area contributed by atoms with E-state index in [2.05, 4.69) is 0 Å². The predicted molar refractivity (Wildman–Crippen MR) is 51.7 cm³/mol. The average molecular weight is 200 g/mol. The van der Waals surface area contributed by atoms with Gasteiger partial charge in [-0.25, -0.2) is 8.78 Å². The predicted octanol–water partition coefficient (Wildman–Crippen LogP) is 1.49. The second-order valence-electron chi connectivity index (χ2n) is 3.12. The van der Waals surface area contributed by atoms with Gasteiger partial charge in [-0.3, -0.25) is 0 Å². The van der Waals surface area contributed by atoms with Crippen molar-refractivity contribution in [3.05, 3.63) is 34.9 Å². The maximum absolute atomic E-state index is 13.3. The number of hydrogen-bond acceptors (Lipinski definition) is 2. The van der Waals surface area contributed by atoms with Gasteiger partial charge in [-0.15, -0.1) is 0 Å². The molecule has 0 unspecified atom stereocenters. The summed E-state index contributed by atoms with van der Waals surface area (Å²) >= 11 is 0. The van der Waals surface area contributed by atoms with Gasteiger partial charge >= 0.3 is 0 Å². The van der Waals surface area contributed by atoms with Crippen molar-refractivity contribution in [3.63, 3.8) is 0 Å². The van der Waals surface area contributed by atoms with Gasteiger partial charge < -0.3 is 11.5 Å². The molecule has 0 spiro atoms. The summed E-state index contributed by atoms with van der Waals surface area (Å²) in [5, 5.41) is 0. The molecule has 14 heavy (non-hydrogen) atoms. The highest BCUT2D eigenvalue weighted by Gasteiger charge is 2.15. The van der Waals surface area contributed by atoms with Gasteiger partial charge in [-0.1, -0.05) is 13.0 Å². The molecule has 1 aromatic carbocycles. The van der Waals surface area contributed by atoms with E-state index < -0.39 is 17.7 Å². The van der Waals surface area contributed by atoms with E-state index in [4.69, 9.17) is 11.5 Å². The van der Waals surface area contributed by atoms with Crippen LogP contribution in [0.3, 0.4) is 0 Å². The van der Waals surface area contributed by atoms with E-state index in [9.17, 15) is 8.78 Å². The fourth-order valence-electron chi connectivity index (χ4n) is 1.44. The van der Waals surface area contributed by atoms with Crippen molar-refractivity contribution < 1.29 is 8.78 Å². The van der Waals surface area contributed by atoms with Gasteiger partial charge in [0.15, 0.2) is 11.6 Å². The Balaban J connectivity index is 3.23. The Bertz CT molecular complexity index is 326. The first kappa shape index (κ1) is 11.1. The second-order valence-corrected chi connectivity index (χ2v) is 3.12. The number of halogens is 2. The molecule has 1 atom stereocenters. The summed E-state index contributed by atoms with van der Waals surface area (Å²) in [5.74, 6) is -1.65. The molecule has 0 aliphatic rings. The largest absolute Gasteiger partial charge is 0.329 e. The van der Waals surface area contributed by atoms with Crippen molar-refractivity contribution in [2.45, 2.75) is 19.4 Å². The van der Waals surface area contributed by atoms with Crippen molar-refractivity contribution in [3.8, 4) is 0 Å². The van der Waals surface area contributed by atoms with E-state index in [1.165, 1.54) is 6.07 Å². The molecular formula is C10H14F2N2. The van der Waals surface area contributed by atoms with E-state index in [0.29, 0.717) is 17.5 Å². The monoisotopic (exact) mass is 200 g/mol. The van der Waals surface area contributed by atoms with Crippen LogP contribution in [0.15, 0.2) is 12.1 Å². The number of rotatable bonds is 3. The fraction of sp³-hybridized carbons (Fsp3) is 0.400. The number of hydrogen-bond donors (Lipinski definition) is 2. The second kappa shape index (κ2) is 4.48. The Morgan fingerprint density at radius 2 is 2.00 bits per heavy atom. The Morgan fingerprint density at radius 1 is 1.36 bits per heavy atom. The van der Waals surface area contributed by atoms with Crippen LogP contribution in [0, 0.1) is 11.6 Å². The standard InChI is InChI=1S/C10H14F2N2/c1-2-6-7(9(14)5-13)3-4-8(11)10(6)12/h3-4,9H,2,5,13-14H2,1H3/t9-/m1/s1. The third-order valence-corrected chi connectivity index (χ3v) is 2.24. The number of nitrogens with two attached hydrogens (primary N) is 2. The minimum atomic E-state index is -0.838. The molecule has 4 heteroatoms. The van der Waals surface area contributed by atoms with Crippen LogP contribution < -0.4 is 11.5 Å². The van der Waals surface area contributed by atoms with Gasteiger partial charge in [0.1, 0.15) is 0 Å². The number of benzene rings is 1. The zero-order valence-electron chi connectivity index (χ0n) is 8.06. The smallest absolute Gasteiger partial charge is 0.162 e. The van der Waals surface area contributed by atoms with Gasteiger partial charge in [-0.2, -0.15) is 0 Å². The lowest BCUT2D eigenvalue weighted by molar-refractivity contribution is 0.495. The van der Waals surface area contributed by atoms with Crippen LogP contribution >= 0.6 is 0 Å². The topological polar surface area (TPSA) is 52.0 Å². The zero-order valence-corrected chi connectivity index (χ0v) is 8.06. The molecular weight excluding hydrogens is 186 g/mol. The van der Waals surface area contributed by atoms with Crippen LogP contribution in [0.5, 0.6) is 0 Å². The molecule has 0 saturated heterocycles. The molecule has 0 aliphatic heterocycles. The summed E-state index contributed by atoms with van der Waals surface area (Å²) in [4.78, 5) is 0. The maximum Gasteiger partial charge on any atom is 0.162 e. The van der Waals surface area contributed by atoms with Crippen molar-refractivity contribution in [2.75, 3.05) is 6.54 Å². The lowest BCUT2D eigenvalue weighted by Crippen LogP contribution is -2.22. The van der Waals surface area contributed by atoms with E-state index in [1.807, 2.05) is 0 Å². The normalized spacial score (nSPS) is 12.9. The molecule has 1 rings (SSSR count). The third kappa shape index (κ3) is 1.91. The van der Waals surface area contributed by atoms with Crippen LogP contribution in [0.4, 0.5) is 8.78 Å². The molecule has 0 aromatic heterocycles. The first-order valence-corrected chi connectivity index (χ1v) is 4.54. The molecule has 1 aromatic rings. The van der Waals surface area contributed by atoms with Crippen molar-refractivity contribution >= 4 is 0 Å². The van der Waals surface area contributed by atoms with Crippen LogP contribution in [0.2, 0.25) is 0 Å². The van der Waals surface area contributed by atoms with Crippen LogP contribution in [-0.4, -0.2) is 6.54 Å². The average Bonchev–Trinajstić information content (AvgIpc) is 2.20. The molecule has 0 saturated carbocycles. The van der Waals surface area contributed by atoms with Gasteiger partial charge in [0.2, 0.25) is 0 Å². The van der Waals surface area contributed by atoms with E-state index in [0.717, 1.165) is 6.07 Å². The van der Waals surface area contributed by atoms with Gasteiger partial charge in [0.05, 0.1) is 0 Å². The minimum Gasteiger partial charge on any atom is -0.329 e. The first-order chi connectivity index (χ1) is 6.61. The van der Waals surface area contributed by atoms with Crippen molar-refractivity contribution in [1.29, 1.82) is 0 Å². The quantitative estimate of drug-likeness (QED) is 0.776. The lowest BCUT2D eigenvalue weighted by Gasteiger charge is -2.14. The molecule has 0 amide bonds. The zero-order chi connectivity index (χ0) is 10.7. The molecule has 0 bridgehead atoms. The highest BCUT2D eigenvalue weighted by molar-refractivity contribution is 5.32. The Hall–Kier alpha value is -1.00. The SMILES string of the molecule is CCc1c([C@H](N)CN)ccc(F)c1F. The highest BCUT2D eigenvalue weighted by Crippen LogP contribution is 2.21. The molecule has 78 valence electrons. The van der Waals surface area contributed by atoms with Crippen molar-refractivity contribution in [2.24, 2.45) is 11.5 Å². The molecule has 2 nitrogen and oxygen atoms in total. The van der Waals surface area contributed by atoms with E-state index in [1.54, 1.807) is 6.92 Å². The summed E-state index contributed by atoms with van der Waals surface area (Å²) < 4.78 is 26.2.